The lowest BCUT2D eigenvalue weighted by Gasteiger charge is -2.35. The number of nitrogens with one attached hydrogen (secondary N) is 5. The number of H-pyrrole nitrogens is 1. The van der Waals surface area contributed by atoms with Gasteiger partial charge in [0.15, 0.2) is 23.1 Å². The largest absolute Gasteiger partial charge is 0.506 e. The Hall–Kier alpha value is -8.38. The lowest BCUT2D eigenvalue weighted by molar-refractivity contribution is -0.145. The average molecular weight is 1510 g/mol. The maximum atomic E-state index is 15.4. The van der Waals surface area contributed by atoms with E-state index in [1.807, 2.05) is 0 Å². The molecule has 6 rings (SSSR count). The lowest BCUT2D eigenvalue weighted by atomic mass is 9.87. The van der Waals surface area contributed by atoms with Crippen molar-refractivity contribution in [1.29, 1.82) is 0 Å². The molecule has 5 amide bonds. The number of aromatic amines is 1. The van der Waals surface area contributed by atoms with E-state index >= 15 is 14.4 Å². The fourth-order valence-electron chi connectivity index (χ4n) is 12.9. The molecule has 4 heterocycles. The van der Waals surface area contributed by atoms with Gasteiger partial charge in [-0.05, 0) is 54.9 Å². The number of hydrogen-bond donors (Lipinski definition) is 12. The van der Waals surface area contributed by atoms with Crippen LogP contribution >= 0.6 is 33.2 Å². The van der Waals surface area contributed by atoms with Crippen LogP contribution in [0.1, 0.15) is 95.4 Å². The van der Waals surface area contributed by atoms with Gasteiger partial charge in [0.1, 0.15) is 17.8 Å². The highest BCUT2D eigenvalue weighted by Crippen LogP contribution is 2.31. The summed E-state index contributed by atoms with van der Waals surface area (Å²) in [5.41, 5.74) is 1.17. The van der Waals surface area contributed by atoms with Crippen LogP contribution in [-0.2, 0) is 86.4 Å². The molecule has 570 valence electrons. The molecule has 10 atom stereocenters. The second-order valence-corrected chi connectivity index (χ2v) is 29.8. The summed E-state index contributed by atoms with van der Waals surface area (Å²) in [4.78, 5) is 207. The molecule has 35 heteroatoms. The summed E-state index contributed by atoms with van der Waals surface area (Å²) in [5, 5.41) is 82.2. The number of nitrogens with zero attached hydrogens (tertiary/aromatic N) is 6. The number of carboxylic acid groups (broad SMARTS) is 5. The first-order valence-corrected chi connectivity index (χ1v) is 37.3. The summed E-state index contributed by atoms with van der Waals surface area (Å²) in [6.07, 6.45) is -3.12. The van der Waals surface area contributed by atoms with Crippen molar-refractivity contribution in [1.82, 2.24) is 55.7 Å². The van der Waals surface area contributed by atoms with E-state index in [1.165, 1.54) is 45.4 Å². The summed E-state index contributed by atoms with van der Waals surface area (Å²) in [6.45, 7) is 3.43. The quantitative estimate of drug-likeness (QED) is 0.0432. The van der Waals surface area contributed by atoms with Gasteiger partial charge in [0.2, 0.25) is 29.5 Å². The molecule has 12 N–H and O–H groups in total. The van der Waals surface area contributed by atoms with Gasteiger partial charge in [-0.15, -0.1) is 0 Å². The number of phenols is 1. The fourth-order valence-corrected chi connectivity index (χ4v) is 15.4. The Bertz CT molecular complexity index is 3470. The van der Waals surface area contributed by atoms with Crippen molar-refractivity contribution in [3.05, 3.63) is 82.9 Å². The number of rotatable bonds is 29. The number of imidazole rings is 1. The van der Waals surface area contributed by atoms with E-state index in [9.17, 15) is 88.5 Å². The number of aromatic hydroxyl groups is 1. The summed E-state index contributed by atoms with van der Waals surface area (Å²) >= 11 is 6.27. The van der Waals surface area contributed by atoms with Crippen molar-refractivity contribution in [3.63, 3.8) is 0 Å². The maximum Gasteiger partial charge on any atom is 0.320 e. The fraction of sp³-hybridized carbons (Fsp3) is 0.580. The number of ketones is 4. The van der Waals surface area contributed by atoms with Gasteiger partial charge >= 0.3 is 29.8 Å². The second kappa shape index (κ2) is 41.9. The minimum atomic E-state index is -1.72. The zero-order valence-corrected chi connectivity index (χ0v) is 60.6. The monoisotopic (exact) mass is 1510 g/mol. The molecule has 0 spiro atoms. The van der Waals surface area contributed by atoms with Crippen molar-refractivity contribution in [3.8, 4) is 5.75 Å². The van der Waals surface area contributed by atoms with Crippen molar-refractivity contribution in [2.24, 2.45) is 23.7 Å². The Morgan fingerprint density at radius 1 is 0.721 bits per heavy atom. The van der Waals surface area contributed by atoms with E-state index < -0.39 is 201 Å². The van der Waals surface area contributed by atoms with Gasteiger partial charge in [-0.3, -0.25) is 86.7 Å². The predicted molar refractivity (Wildman–Crippen MR) is 379 cm³/mol. The number of halogens is 1. The Morgan fingerprint density at radius 3 is 1.88 bits per heavy atom. The third-order valence-corrected chi connectivity index (χ3v) is 21.0. The molecule has 3 aliphatic rings. The molecular weight excluding hydrogens is 1420 g/mol. The molecule has 0 saturated carbocycles. The Kier molecular flexibility index (Phi) is 34.1. The highest BCUT2D eigenvalue weighted by Gasteiger charge is 2.44. The van der Waals surface area contributed by atoms with Crippen LogP contribution in [-0.4, -0.2) is 285 Å². The van der Waals surface area contributed by atoms with Crippen LogP contribution in [0.5, 0.6) is 5.75 Å². The Balaban J connectivity index is 1.32. The van der Waals surface area contributed by atoms with Gasteiger partial charge < -0.3 is 66.9 Å². The van der Waals surface area contributed by atoms with Gasteiger partial charge in [0, 0.05) is 133 Å². The van der Waals surface area contributed by atoms with Crippen LogP contribution in [0.3, 0.4) is 0 Å². The summed E-state index contributed by atoms with van der Waals surface area (Å²) in [6, 6.07) is 3.76. The number of benzene rings is 2. The maximum absolute atomic E-state index is 15.4. The standard InChI is InChI=1S/C69H94ClN11O21S2/c1-4-55(83)51-37-103-104-38-52(68(100)81-33-47(82)30-54(81)59(87)29-44(23-42-10-12-56(84)48(70)24-42)66(98)74-50(31-61(89)90)58(86)27-43(22-40(2)3)65(97)75-51)76-67(99)45(26-46-32-71-39-72-46)28-57(85)49(25-41-8-6-5-7-9-41)73-60(88)13-11-53(69(101)102)80-20-18-78(35-63(93)94)16-14-77(34-62(91)92)15-17-79(19-21-80)36-64(95)96/h5-10,12,24,32,39-40,43-45,47,49-54,82,84H,4,11,13-23,25-31,33-38H2,1-3H3,(H,71,72)(H,73,88)(H,74,98)(H,75,97)(H,76,99)(H,89,90)(H,91,92)(H,93,94)(H,95,96)(H,101,102)/t43-,44-,45-,47-,49+,50+,51+,52+,53?,54+/m1/s1. The number of fused-ring (bicyclic) bond motifs is 1. The number of carbonyl (C=O) groups is 14. The smallest absolute Gasteiger partial charge is 0.320 e. The molecule has 3 fully saturated rings. The number of aromatic nitrogens is 2. The number of amides is 5. The SMILES string of the molecule is CCC(=O)[C@@H]1CSSC[C@H](NC(=O)[C@@H](CC(=O)[C@H](Cc2ccccc2)NC(=O)CCC(C(=O)O)N2CCN(CC(=O)O)CCN(CC(=O)O)CCN(CC(=O)O)CC2)Cc2c[nH]cn2)C(=O)N2C[C@H](O)C[C@H]2C(=O)C[C@@H](Cc2ccc(O)c(Cl)c2)C(=O)N[C@@H](CC(=O)O)C(=O)C[C@@H](CC(C)C)C(=O)N1. The molecule has 3 aromatic rings. The molecule has 0 bridgehead atoms. The highest BCUT2D eigenvalue weighted by atomic mass is 35.5. The van der Waals surface area contributed by atoms with E-state index in [4.69, 9.17) is 11.6 Å². The lowest BCUT2D eigenvalue weighted by Crippen LogP contribution is -2.54. The van der Waals surface area contributed by atoms with Crippen LogP contribution in [0, 0.1) is 23.7 Å². The third-order valence-electron chi connectivity index (χ3n) is 18.3. The number of carbonyl (C=O) groups excluding carboxylic acids is 9. The second-order valence-electron chi connectivity index (χ2n) is 26.8. The van der Waals surface area contributed by atoms with Gasteiger partial charge in [0.25, 0.3) is 0 Å². The van der Waals surface area contributed by atoms with Gasteiger partial charge in [-0.1, -0.05) is 90.4 Å². The number of aliphatic hydroxyl groups excluding tert-OH is 1. The topological polar surface area (TPSA) is 474 Å². The molecule has 3 saturated heterocycles. The van der Waals surface area contributed by atoms with Crippen molar-refractivity contribution >= 4 is 116 Å². The van der Waals surface area contributed by atoms with E-state index in [2.05, 4.69) is 31.2 Å². The summed E-state index contributed by atoms with van der Waals surface area (Å²) in [7, 11) is 2.03. The van der Waals surface area contributed by atoms with Crippen molar-refractivity contribution < 1.29 is 103 Å². The summed E-state index contributed by atoms with van der Waals surface area (Å²) in [5.74, 6) is -18.2. The van der Waals surface area contributed by atoms with Gasteiger partial charge in [0.05, 0.1) is 79.3 Å². The van der Waals surface area contributed by atoms with E-state index in [1.54, 1.807) is 56.0 Å². The molecule has 3 aliphatic heterocycles. The number of aliphatic carboxylic acids is 5. The predicted octanol–water partition coefficient (Wildman–Crippen LogP) is 1.03. The molecule has 1 unspecified atom stereocenters. The first kappa shape index (κ1) is 84.6. The van der Waals surface area contributed by atoms with E-state index in [0.29, 0.717) is 11.1 Å². The first-order valence-electron chi connectivity index (χ1n) is 34.4. The van der Waals surface area contributed by atoms with Crippen molar-refractivity contribution in [2.75, 3.05) is 90.0 Å². The molecule has 104 heavy (non-hydrogen) atoms. The highest BCUT2D eigenvalue weighted by molar-refractivity contribution is 8.76. The average Bonchev–Trinajstić information content (AvgIpc) is 1.62. The third kappa shape index (κ3) is 27.9. The molecule has 0 aliphatic carbocycles. The molecule has 2 aromatic carbocycles. The van der Waals surface area contributed by atoms with Crippen LogP contribution in [0.2, 0.25) is 5.02 Å². The van der Waals surface area contributed by atoms with Crippen LogP contribution in [0.4, 0.5) is 0 Å². The summed E-state index contributed by atoms with van der Waals surface area (Å²) < 4.78 is 0. The first-order chi connectivity index (χ1) is 49.4. The van der Waals surface area contributed by atoms with Gasteiger partial charge in [-0.25, -0.2) is 4.98 Å². The molecule has 32 nitrogen and oxygen atoms in total. The van der Waals surface area contributed by atoms with Crippen LogP contribution in [0.25, 0.3) is 0 Å². The minimum Gasteiger partial charge on any atom is -0.506 e. The van der Waals surface area contributed by atoms with Crippen LogP contribution < -0.4 is 21.3 Å². The minimum absolute atomic E-state index is 0.0213. The zero-order valence-electron chi connectivity index (χ0n) is 58.2. The van der Waals surface area contributed by atoms with E-state index in [-0.39, 0.29) is 131 Å². The molecule has 1 aromatic heterocycles. The number of carboxylic acids is 5. The Labute approximate surface area is 613 Å². The number of Topliss-reactive ketones (excluding diaryl/α,β-unsaturated/α-hetero) is 4. The van der Waals surface area contributed by atoms with Gasteiger partial charge in [-0.2, -0.15) is 0 Å². The van der Waals surface area contributed by atoms with E-state index in [0.717, 1.165) is 26.5 Å². The number of aliphatic hydroxyl groups is 1. The Morgan fingerprint density at radius 2 is 1.32 bits per heavy atom. The molecule has 0 radical (unpaired) electrons. The van der Waals surface area contributed by atoms with Crippen molar-refractivity contribution in [2.45, 2.75) is 140 Å². The number of hydrogen-bond acceptors (Lipinski definition) is 23. The molecular formula is C69H94ClN11O21S2. The normalized spacial score (nSPS) is 22.7. The number of phenolic OH excluding ortho intramolecular Hbond substituents is 1. The zero-order chi connectivity index (χ0) is 76.3. The van der Waals surface area contributed by atoms with Crippen LogP contribution in [0.15, 0.2) is 61.1 Å².